The second-order valence-electron chi connectivity index (χ2n) is 8.86. The minimum Gasteiger partial charge on any atom is -0.325 e. The molecule has 1 fully saturated rings. The first kappa shape index (κ1) is 23.7. The number of sulfonamides is 1. The zero-order valence-electron chi connectivity index (χ0n) is 19.3. The number of anilines is 3. The van der Waals surface area contributed by atoms with E-state index in [1.807, 2.05) is 13.1 Å². The molecule has 9 nitrogen and oxygen atoms in total. The van der Waals surface area contributed by atoms with Crippen molar-refractivity contribution >= 4 is 44.9 Å². The van der Waals surface area contributed by atoms with Crippen molar-refractivity contribution in [2.24, 2.45) is 0 Å². The molecule has 0 radical (unpaired) electrons. The van der Waals surface area contributed by atoms with Crippen molar-refractivity contribution in [3.63, 3.8) is 0 Å². The third kappa shape index (κ3) is 4.74. The molecule has 0 aliphatic carbocycles. The lowest BCUT2D eigenvalue weighted by molar-refractivity contribution is -0.115. The first-order valence-electron chi connectivity index (χ1n) is 11.2. The second-order valence-corrected chi connectivity index (χ2v) is 11.3. The number of aromatic nitrogens is 2. The monoisotopic (exact) mass is 512 g/mol. The van der Waals surface area contributed by atoms with Gasteiger partial charge in [-0.25, -0.2) is 18.4 Å². The molecule has 0 spiro atoms. The van der Waals surface area contributed by atoms with E-state index in [1.165, 1.54) is 4.31 Å². The lowest BCUT2D eigenvalue weighted by Crippen LogP contribution is -2.38. The van der Waals surface area contributed by atoms with Gasteiger partial charge in [0.2, 0.25) is 21.9 Å². The van der Waals surface area contributed by atoms with Crippen LogP contribution in [0.5, 0.6) is 0 Å². The number of halogens is 1. The number of fused-ring (bicyclic) bond motifs is 3. The number of carbonyl (C=O) groups excluding carboxylic acids is 1. The van der Waals surface area contributed by atoms with Crippen LogP contribution in [0.4, 0.5) is 17.3 Å². The SMILES string of the molecule is CN1CCC(N(C)S(=O)(=O)c2ccc(Nc3ncc4c(n3)-c3ccc(Cl)cc3NC(=O)C4)cc2)C1. The van der Waals surface area contributed by atoms with E-state index in [9.17, 15) is 13.2 Å². The van der Waals surface area contributed by atoms with E-state index in [0.29, 0.717) is 33.6 Å². The van der Waals surface area contributed by atoms with Crippen LogP contribution in [0, 0.1) is 0 Å². The van der Waals surface area contributed by atoms with Crippen LogP contribution in [0.2, 0.25) is 5.02 Å². The Labute approximate surface area is 209 Å². The lowest BCUT2D eigenvalue weighted by atomic mass is 10.1. The Hall–Kier alpha value is -3.05. The Bertz CT molecular complexity index is 1400. The molecule has 1 unspecified atom stereocenters. The molecule has 5 rings (SSSR count). The summed E-state index contributed by atoms with van der Waals surface area (Å²) in [4.78, 5) is 23.6. The van der Waals surface area contributed by atoms with E-state index in [4.69, 9.17) is 11.6 Å². The maximum Gasteiger partial charge on any atom is 0.243 e. The van der Waals surface area contributed by atoms with Gasteiger partial charge in [-0.3, -0.25) is 4.79 Å². The Morgan fingerprint density at radius 3 is 2.69 bits per heavy atom. The standard InChI is InChI=1S/C24H25ClN6O3S/c1-30-10-9-18(14-30)31(2)35(33,34)19-6-4-17(5-7-19)27-24-26-13-15-11-22(32)28-21-12-16(25)3-8-20(21)23(15)29-24/h3-8,12-13,18H,9-11,14H2,1-2H3,(H,28,32)(H,26,27,29). The summed E-state index contributed by atoms with van der Waals surface area (Å²) in [5.41, 5.74) is 3.33. The summed E-state index contributed by atoms with van der Waals surface area (Å²) in [7, 11) is 0.0362. The number of benzene rings is 2. The Balaban J connectivity index is 1.38. The number of likely N-dealkylation sites (tertiary alicyclic amines) is 1. The normalized spacial score (nSPS) is 18.1. The first-order valence-corrected chi connectivity index (χ1v) is 13.0. The molecule has 1 saturated heterocycles. The van der Waals surface area contributed by atoms with E-state index in [2.05, 4.69) is 25.5 Å². The average molecular weight is 513 g/mol. The fourth-order valence-electron chi connectivity index (χ4n) is 4.43. The van der Waals surface area contributed by atoms with E-state index in [0.717, 1.165) is 25.1 Å². The van der Waals surface area contributed by atoms with Gasteiger partial charge >= 0.3 is 0 Å². The number of hydrogen-bond donors (Lipinski definition) is 2. The van der Waals surface area contributed by atoms with Gasteiger partial charge in [0.15, 0.2) is 0 Å². The van der Waals surface area contributed by atoms with Crippen molar-refractivity contribution in [3.8, 4) is 11.3 Å². The van der Waals surface area contributed by atoms with Crippen molar-refractivity contribution in [3.05, 3.63) is 59.2 Å². The van der Waals surface area contributed by atoms with Crippen LogP contribution in [0.3, 0.4) is 0 Å². The van der Waals surface area contributed by atoms with E-state index in [1.54, 1.807) is 49.6 Å². The van der Waals surface area contributed by atoms with Gasteiger partial charge in [0.05, 0.1) is 22.7 Å². The van der Waals surface area contributed by atoms with Crippen molar-refractivity contribution in [2.45, 2.75) is 23.8 Å². The third-order valence-corrected chi connectivity index (χ3v) is 8.55. The Morgan fingerprint density at radius 1 is 1.20 bits per heavy atom. The predicted octanol–water partition coefficient (Wildman–Crippen LogP) is 3.36. The number of hydrogen-bond acceptors (Lipinski definition) is 7. The van der Waals surface area contributed by atoms with Gasteiger partial charge in [0.1, 0.15) is 0 Å². The lowest BCUT2D eigenvalue weighted by Gasteiger charge is -2.23. The van der Waals surface area contributed by atoms with Gasteiger partial charge in [-0.1, -0.05) is 11.6 Å². The quantitative estimate of drug-likeness (QED) is 0.539. The number of carbonyl (C=O) groups is 1. The molecule has 0 saturated carbocycles. The second kappa shape index (κ2) is 9.19. The van der Waals surface area contributed by atoms with Crippen molar-refractivity contribution < 1.29 is 13.2 Å². The highest BCUT2D eigenvalue weighted by Gasteiger charge is 2.32. The number of nitrogens with zero attached hydrogens (tertiary/aromatic N) is 4. The zero-order chi connectivity index (χ0) is 24.7. The van der Waals surface area contributed by atoms with Gasteiger partial charge in [-0.15, -0.1) is 0 Å². The highest BCUT2D eigenvalue weighted by molar-refractivity contribution is 7.89. The third-order valence-electron chi connectivity index (χ3n) is 6.39. The highest BCUT2D eigenvalue weighted by Crippen LogP contribution is 2.35. The largest absolute Gasteiger partial charge is 0.325 e. The molecule has 1 aromatic heterocycles. The van der Waals surface area contributed by atoms with Crippen LogP contribution < -0.4 is 10.6 Å². The van der Waals surface area contributed by atoms with Gasteiger partial charge < -0.3 is 15.5 Å². The van der Waals surface area contributed by atoms with E-state index in [-0.39, 0.29) is 23.3 Å². The maximum atomic E-state index is 13.1. The van der Waals surface area contributed by atoms with Crippen LogP contribution in [-0.4, -0.2) is 66.7 Å². The predicted molar refractivity (Wildman–Crippen MR) is 135 cm³/mol. The zero-order valence-corrected chi connectivity index (χ0v) is 20.9. The molecular formula is C24H25ClN6O3S. The van der Waals surface area contributed by atoms with Crippen molar-refractivity contribution in [1.82, 2.24) is 19.2 Å². The topological polar surface area (TPSA) is 108 Å². The van der Waals surface area contributed by atoms with Gasteiger partial charge in [0, 0.05) is 47.7 Å². The van der Waals surface area contributed by atoms with Crippen LogP contribution in [0.25, 0.3) is 11.3 Å². The van der Waals surface area contributed by atoms with E-state index < -0.39 is 10.0 Å². The van der Waals surface area contributed by atoms with E-state index >= 15 is 0 Å². The fraction of sp³-hybridized carbons (Fsp3) is 0.292. The highest BCUT2D eigenvalue weighted by atomic mass is 35.5. The number of amides is 1. The average Bonchev–Trinajstić information content (AvgIpc) is 3.20. The first-order chi connectivity index (χ1) is 16.7. The number of likely N-dealkylation sites (N-methyl/N-ethyl adjacent to an activating group) is 2. The van der Waals surface area contributed by atoms with Crippen LogP contribution in [0.1, 0.15) is 12.0 Å². The molecule has 11 heteroatoms. The smallest absolute Gasteiger partial charge is 0.243 e. The van der Waals surface area contributed by atoms with Gasteiger partial charge in [-0.05, 0) is 62.5 Å². The molecule has 1 atom stereocenters. The summed E-state index contributed by atoms with van der Waals surface area (Å²) in [6, 6.07) is 11.8. The van der Waals surface area contributed by atoms with Crippen LogP contribution in [-0.2, 0) is 21.2 Å². The molecular weight excluding hydrogens is 488 g/mol. The molecule has 182 valence electrons. The van der Waals surface area contributed by atoms with Gasteiger partial charge in [0.25, 0.3) is 0 Å². The molecule has 0 bridgehead atoms. The van der Waals surface area contributed by atoms with Crippen LogP contribution in [0.15, 0.2) is 53.6 Å². The summed E-state index contributed by atoms with van der Waals surface area (Å²) in [5, 5.41) is 6.50. The summed E-state index contributed by atoms with van der Waals surface area (Å²) < 4.78 is 27.6. The maximum absolute atomic E-state index is 13.1. The summed E-state index contributed by atoms with van der Waals surface area (Å²) in [6.45, 7) is 1.61. The molecule has 35 heavy (non-hydrogen) atoms. The minimum atomic E-state index is -3.60. The Morgan fingerprint density at radius 2 is 1.97 bits per heavy atom. The summed E-state index contributed by atoms with van der Waals surface area (Å²) in [6.07, 6.45) is 2.59. The molecule has 3 heterocycles. The number of rotatable bonds is 5. The molecule has 2 aliphatic heterocycles. The summed E-state index contributed by atoms with van der Waals surface area (Å²) >= 11 is 6.11. The molecule has 2 aliphatic rings. The number of nitrogens with one attached hydrogen (secondary N) is 2. The van der Waals surface area contributed by atoms with Crippen LogP contribution >= 0.6 is 11.6 Å². The molecule has 3 aromatic rings. The minimum absolute atomic E-state index is 0.0325. The molecule has 2 N–H and O–H groups in total. The van der Waals surface area contributed by atoms with Gasteiger partial charge in [-0.2, -0.15) is 4.31 Å². The van der Waals surface area contributed by atoms with Crippen molar-refractivity contribution in [1.29, 1.82) is 0 Å². The molecule has 2 aromatic carbocycles. The summed E-state index contributed by atoms with van der Waals surface area (Å²) in [5.74, 6) is 0.170. The Kier molecular flexibility index (Phi) is 6.22. The molecule has 1 amide bonds. The fourth-order valence-corrected chi connectivity index (χ4v) is 5.98. The van der Waals surface area contributed by atoms with Crippen molar-refractivity contribution in [2.75, 3.05) is 37.8 Å².